The fourth-order valence-corrected chi connectivity index (χ4v) is 3.48. The summed E-state index contributed by atoms with van der Waals surface area (Å²) in [6.45, 7) is 7.25. The number of halogens is 1. The lowest BCUT2D eigenvalue weighted by molar-refractivity contribution is -0.134. The quantitative estimate of drug-likeness (QED) is 0.921. The maximum absolute atomic E-state index is 13.3. The number of hydrogen-bond donors (Lipinski definition) is 1. The van der Waals surface area contributed by atoms with E-state index in [0.717, 1.165) is 25.1 Å². The van der Waals surface area contributed by atoms with E-state index in [1.807, 2.05) is 11.0 Å². The van der Waals surface area contributed by atoms with Crippen LogP contribution in [0, 0.1) is 11.7 Å². The van der Waals surface area contributed by atoms with Gasteiger partial charge in [-0.15, -0.1) is 0 Å². The van der Waals surface area contributed by atoms with Crippen LogP contribution in [0.3, 0.4) is 0 Å². The van der Waals surface area contributed by atoms with Crippen molar-refractivity contribution in [3.05, 3.63) is 35.6 Å². The Morgan fingerprint density at radius 2 is 2.00 bits per heavy atom. The van der Waals surface area contributed by atoms with Crippen molar-refractivity contribution in [2.75, 3.05) is 32.7 Å². The summed E-state index contributed by atoms with van der Waals surface area (Å²) in [5.74, 6) is 0.147. The second kappa shape index (κ2) is 6.21. The van der Waals surface area contributed by atoms with E-state index >= 15 is 0 Å². The van der Waals surface area contributed by atoms with Gasteiger partial charge in [0.15, 0.2) is 0 Å². The van der Waals surface area contributed by atoms with E-state index in [-0.39, 0.29) is 23.6 Å². The van der Waals surface area contributed by atoms with E-state index < -0.39 is 5.60 Å². The highest BCUT2D eigenvalue weighted by Crippen LogP contribution is 2.48. The first kappa shape index (κ1) is 16.4. The Hall–Kier alpha value is -1.46. The summed E-state index contributed by atoms with van der Waals surface area (Å²) in [7, 11) is 0. The number of piperazine rings is 1. The molecule has 2 aliphatic rings. The van der Waals surface area contributed by atoms with E-state index in [0.29, 0.717) is 19.6 Å². The maximum atomic E-state index is 13.3. The average Bonchev–Trinajstić information content (AvgIpc) is 3.26. The molecule has 0 bridgehead atoms. The molecule has 23 heavy (non-hydrogen) atoms. The molecule has 0 aromatic heterocycles. The van der Waals surface area contributed by atoms with Gasteiger partial charge in [0.1, 0.15) is 5.82 Å². The molecule has 1 aliphatic carbocycles. The summed E-state index contributed by atoms with van der Waals surface area (Å²) in [4.78, 5) is 16.7. The normalized spacial score (nSPS) is 25.5. The van der Waals surface area contributed by atoms with E-state index in [2.05, 4.69) is 4.90 Å². The molecule has 0 unspecified atom stereocenters. The molecule has 1 aromatic carbocycles. The second-order valence-corrected chi connectivity index (χ2v) is 7.42. The van der Waals surface area contributed by atoms with Crippen LogP contribution in [0.1, 0.15) is 31.7 Å². The highest BCUT2D eigenvalue weighted by molar-refractivity contribution is 5.83. The van der Waals surface area contributed by atoms with Crippen molar-refractivity contribution in [3.63, 3.8) is 0 Å². The number of amides is 1. The Bertz CT molecular complexity index is 577. The molecule has 1 N–H and O–H groups in total. The molecule has 5 heteroatoms. The fraction of sp³-hybridized carbons (Fsp3) is 0.611. The monoisotopic (exact) mass is 320 g/mol. The van der Waals surface area contributed by atoms with Gasteiger partial charge in [-0.25, -0.2) is 4.39 Å². The van der Waals surface area contributed by atoms with Gasteiger partial charge in [0.05, 0.1) is 5.60 Å². The molecule has 1 saturated carbocycles. The summed E-state index contributed by atoms with van der Waals surface area (Å²) >= 11 is 0. The first-order valence-electron chi connectivity index (χ1n) is 8.32. The SMILES string of the molecule is CC(C)(O)CN1CCN(C(=O)[C@H]2C[C@H]2c2cccc(F)c2)CC1. The molecule has 1 aromatic rings. The van der Waals surface area contributed by atoms with E-state index in [1.165, 1.54) is 6.07 Å². The molecule has 2 atom stereocenters. The van der Waals surface area contributed by atoms with Gasteiger partial charge in [-0.2, -0.15) is 0 Å². The Labute approximate surface area is 136 Å². The van der Waals surface area contributed by atoms with Crippen molar-refractivity contribution >= 4 is 5.91 Å². The Morgan fingerprint density at radius 1 is 1.30 bits per heavy atom. The highest BCUT2D eigenvalue weighted by atomic mass is 19.1. The fourth-order valence-electron chi connectivity index (χ4n) is 3.48. The number of carbonyl (C=O) groups is 1. The molecular formula is C18H25FN2O2. The van der Waals surface area contributed by atoms with Gasteiger partial charge in [-0.1, -0.05) is 12.1 Å². The maximum Gasteiger partial charge on any atom is 0.226 e. The zero-order valence-corrected chi connectivity index (χ0v) is 13.8. The standard InChI is InChI=1S/C18H25FN2O2/c1-18(2,23)12-20-6-8-21(9-7-20)17(22)16-11-15(16)13-4-3-5-14(19)10-13/h3-5,10,15-16,23H,6-9,11-12H2,1-2H3/t15-,16-/m0/s1. The highest BCUT2D eigenvalue weighted by Gasteiger charge is 2.46. The first-order valence-corrected chi connectivity index (χ1v) is 8.32. The van der Waals surface area contributed by atoms with Crippen LogP contribution in [0.15, 0.2) is 24.3 Å². The molecule has 2 fully saturated rings. The first-order chi connectivity index (χ1) is 10.8. The van der Waals surface area contributed by atoms with Gasteiger partial charge in [0.2, 0.25) is 5.91 Å². The number of β-amino-alcohol motifs (C(OH)–C–C–N with tert-alkyl or cyclic N) is 1. The Morgan fingerprint density at radius 3 is 2.61 bits per heavy atom. The minimum Gasteiger partial charge on any atom is -0.389 e. The number of rotatable bonds is 4. The van der Waals surface area contributed by atoms with E-state index in [9.17, 15) is 14.3 Å². The van der Waals surface area contributed by atoms with Crippen LogP contribution in [-0.2, 0) is 4.79 Å². The third-order valence-corrected chi connectivity index (χ3v) is 4.68. The minimum absolute atomic E-state index is 0.0117. The summed E-state index contributed by atoms with van der Waals surface area (Å²) in [5.41, 5.74) is 0.231. The van der Waals surface area contributed by atoms with Crippen molar-refractivity contribution in [1.29, 1.82) is 0 Å². The van der Waals surface area contributed by atoms with Crippen molar-refractivity contribution in [1.82, 2.24) is 9.80 Å². The summed E-state index contributed by atoms with van der Waals surface area (Å²) < 4.78 is 13.3. The number of benzene rings is 1. The van der Waals surface area contributed by atoms with Gasteiger partial charge in [0, 0.05) is 38.6 Å². The third kappa shape index (κ3) is 4.09. The topological polar surface area (TPSA) is 43.8 Å². The molecule has 4 nitrogen and oxygen atoms in total. The van der Waals surface area contributed by atoms with Gasteiger partial charge in [-0.05, 0) is 43.9 Å². The van der Waals surface area contributed by atoms with Gasteiger partial charge in [-0.3, -0.25) is 9.69 Å². The lowest BCUT2D eigenvalue weighted by Crippen LogP contribution is -2.52. The van der Waals surface area contributed by atoms with Gasteiger partial charge < -0.3 is 10.0 Å². The Balaban J connectivity index is 1.51. The van der Waals surface area contributed by atoms with Crippen LogP contribution >= 0.6 is 0 Å². The summed E-state index contributed by atoms with van der Waals surface area (Å²) in [5, 5.41) is 9.87. The molecule has 1 aliphatic heterocycles. The van der Waals surface area contributed by atoms with Crippen LogP contribution in [0.25, 0.3) is 0 Å². The second-order valence-electron chi connectivity index (χ2n) is 7.42. The van der Waals surface area contributed by atoms with Crippen molar-refractivity contribution < 1.29 is 14.3 Å². The zero-order valence-electron chi connectivity index (χ0n) is 13.8. The van der Waals surface area contributed by atoms with Crippen LogP contribution in [0.2, 0.25) is 0 Å². The predicted octanol–water partition coefficient (Wildman–Crippen LogP) is 1.84. The minimum atomic E-state index is -0.703. The largest absolute Gasteiger partial charge is 0.389 e. The number of aliphatic hydroxyl groups is 1. The van der Waals surface area contributed by atoms with Crippen LogP contribution < -0.4 is 0 Å². The molecule has 1 heterocycles. The number of carbonyl (C=O) groups excluding carboxylic acids is 1. The zero-order chi connectivity index (χ0) is 16.6. The third-order valence-electron chi connectivity index (χ3n) is 4.68. The number of nitrogens with zero attached hydrogens (tertiary/aromatic N) is 2. The van der Waals surface area contributed by atoms with Gasteiger partial charge >= 0.3 is 0 Å². The van der Waals surface area contributed by atoms with E-state index in [4.69, 9.17) is 0 Å². The summed E-state index contributed by atoms with van der Waals surface area (Å²) in [6, 6.07) is 6.59. The smallest absolute Gasteiger partial charge is 0.226 e. The van der Waals surface area contributed by atoms with Crippen LogP contribution in [-0.4, -0.2) is 59.1 Å². The predicted molar refractivity (Wildman–Crippen MR) is 86.6 cm³/mol. The van der Waals surface area contributed by atoms with Crippen LogP contribution in [0.5, 0.6) is 0 Å². The molecule has 3 rings (SSSR count). The van der Waals surface area contributed by atoms with Crippen LogP contribution in [0.4, 0.5) is 4.39 Å². The molecule has 1 amide bonds. The number of hydrogen-bond acceptors (Lipinski definition) is 3. The molecule has 0 spiro atoms. The van der Waals surface area contributed by atoms with E-state index in [1.54, 1.807) is 26.0 Å². The molecule has 126 valence electrons. The Kier molecular flexibility index (Phi) is 4.43. The van der Waals surface area contributed by atoms with Crippen molar-refractivity contribution in [2.45, 2.75) is 31.8 Å². The van der Waals surface area contributed by atoms with Crippen molar-refractivity contribution in [3.8, 4) is 0 Å². The molecule has 0 radical (unpaired) electrons. The van der Waals surface area contributed by atoms with Gasteiger partial charge in [0.25, 0.3) is 0 Å². The molecular weight excluding hydrogens is 295 g/mol. The lowest BCUT2D eigenvalue weighted by atomic mass is 10.1. The lowest BCUT2D eigenvalue weighted by Gasteiger charge is -2.37. The average molecular weight is 320 g/mol. The summed E-state index contributed by atoms with van der Waals surface area (Å²) in [6.07, 6.45) is 0.826. The van der Waals surface area contributed by atoms with Crippen molar-refractivity contribution in [2.24, 2.45) is 5.92 Å². The molecule has 1 saturated heterocycles.